The monoisotopic (exact) mass is 285 g/mol. The minimum atomic E-state index is -1.63. The summed E-state index contributed by atoms with van der Waals surface area (Å²) in [5.74, 6) is -0.306. The molecule has 0 spiro atoms. The van der Waals surface area contributed by atoms with Crippen LogP contribution in [0.15, 0.2) is 18.2 Å². The van der Waals surface area contributed by atoms with Gasteiger partial charge >= 0.3 is 0 Å². The lowest BCUT2D eigenvalue weighted by Crippen LogP contribution is -2.45. The van der Waals surface area contributed by atoms with Crippen molar-refractivity contribution in [2.75, 3.05) is 6.61 Å². The molecule has 0 saturated heterocycles. The second-order valence-electron chi connectivity index (χ2n) is 4.54. The summed E-state index contributed by atoms with van der Waals surface area (Å²) in [6, 6.07) is 2.79. The minimum absolute atomic E-state index is 0.141. The van der Waals surface area contributed by atoms with E-state index in [0.717, 1.165) is 0 Å². The molecule has 0 aliphatic rings. The Balaban J connectivity index is 2.24. The molecule has 0 aliphatic carbocycles. The maximum absolute atomic E-state index is 13.1. The van der Waals surface area contributed by atoms with Gasteiger partial charge in [-0.05, 0) is 18.2 Å². The fraction of sp³-hybridized carbons (Fsp3) is 0.417. The number of hydrogen-bond acceptors (Lipinski definition) is 6. The van der Waals surface area contributed by atoms with Gasteiger partial charge in [-0.2, -0.15) is 0 Å². The predicted molar refractivity (Wildman–Crippen MR) is 68.1 cm³/mol. The number of benzene rings is 1. The number of nitrogens with two attached hydrogens (primary N) is 1. The first-order valence-corrected chi connectivity index (χ1v) is 6.00. The van der Waals surface area contributed by atoms with Gasteiger partial charge in [0.15, 0.2) is 0 Å². The summed E-state index contributed by atoms with van der Waals surface area (Å²) in [4.78, 5) is 6.82. The first kappa shape index (κ1) is 14.8. The molecule has 7 N–H and O–H groups in total. The maximum atomic E-state index is 13.1. The van der Waals surface area contributed by atoms with Gasteiger partial charge < -0.3 is 31.1 Å². The van der Waals surface area contributed by atoms with Crippen LogP contribution >= 0.6 is 0 Å². The maximum Gasteiger partial charge on any atom is 0.127 e. The molecule has 1 aromatic carbocycles. The largest absolute Gasteiger partial charge is 0.394 e. The molecule has 3 unspecified atom stereocenters. The number of aromatic nitrogens is 2. The number of halogens is 1. The average Bonchev–Trinajstić information content (AvgIpc) is 2.86. The van der Waals surface area contributed by atoms with Gasteiger partial charge in [-0.1, -0.05) is 0 Å². The third-order valence-corrected chi connectivity index (χ3v) is 3.08. The fourth-order valence-electron chi connectivity index (χ4n) is 1.87. The Morgan fingerprint density at radius 1 is 1.25 bits per heavy atom. The van der Waals surface area contributed by atoms with Gasteiger partial charge in [0.25, 0.3) is 0 Å². The lowest BCUT2D eigenvalue weighted by Gasteiger charge is -2.25. The summed E-state index contributed by atoms with van der Waals surface area (Å²) in [7, 11) is 0. The molecule has 0 amide bonds. The van der Waals surface area contributed by atoms with Gasteiger partial charge in [0.05, 0.1) is 23.7 Å². The van der Waals surface area contributed by atoms with Gasteiger partial charge in [-0.3, -0.25) is 0 Å². The van der Waals surface area contributed by atoms with E-state index < -0.39 is 36.8 Å². The Morgan fingerprint density at radius 3 is 2.60 bits per heavy atom. The number of aliphatic hydroxyl groups excluding tert-OH is 4. The van der Waals surface area contributed by atoms with Gasteiger partial charge in [0, 0.05) is 0 Å². The molecule has 7 nitrogen and oxygen atoms in total. The van der Waals surface area contributed by atoms with E-state index in [9.17, 15) is 19.7 Å². The lowest BCUT2D eigenvalue weighted by molar-refractivity contribution is -0.0844. The van der Waals surface area contributed by atoms with E-state index in [1.165, 1.54) is 18.2 Å². The van der Waals surface area contributed by atoms with Crippen molar-refractivity contribution in [2.24, 2.45) is 5.73 Å². The van der Waals surface area contributed by atoms with Crippen molar-refractivity contribution in [2.45, 2.75) is 24.4 Å². The molecule has 1 heterocycles. The first-order chi connectivity index (χ1) is 9.43. The molecular weight excluding hydrogens is 269 g/mol. The van der Waals surface area contributed by atoms with Crippen LogP contribution in [0.5, 0.6) is 0 Å². The number of imidazole rings is 1. The first-order valence-electron chi connectivity index (χ1n) is 6.00. The van der Waals surface area contributed by atoms with Gasteiger partial charge in [0.1, 0.15) is 30.0 Å². The van der Waals surface area contributed by atoms with Crippen LogP contribution < -0.4 is 5.73 Å². The standard InChI is InChI=1S/C12H16FN3O4/c13-5-1-2-6-7(3-5)16-12(15-6)9(14)11(20)10(19)8(18)4-17/h1-3,8-11,17-20H,4,14H2,(H,15,16)/t8?,9-,10?,11?/m0/s1. The topological polar surface area (TPSA) is 136 Å². The van der Waals surface area contributed by atoms with Crippen LogP contribution in [0.3, 0.4) is 0 Å². The Kier molecular flexibility index (Phi) is 4.31. The highest BCUT2D eigenvalue weighted by atomic mass is 19.1. The lowest BCUT2D eigenvalue weighted by atomic mass is 10.0. The molecule has 0 fully saturated rings. The number of aromatic amines is 1. The van der Waals surface area contributed by atoms with Crippen molar-refractivity contribution in [1.82, 2.24) is 9.97 Å². The molecular formula is C12H16FN3O4. The van der Waals surface area contributed by atoms with Gasteiger partial charge in [0.2, 0.25) is 0 Å². The number of aliphatic hydroxyl groups is 4. The number of hydrogen-bond donors (Lipinski definition) is 6. The Labute approximate surface area is 113 Å². The van der Waals surface area contributed by atoms with Gasteiger partial charge in [-0.15, -0.1) is 0 Å². The van der Waals surface area contributed by atoms with Crippen LogP contribution in [-0.4, -0.2) is 55.3 Å². The molecule has 8 heteroatoms. The molecule has 0 radical (unpaired) electrons. The number of H-pyrrole nitrogens is 1. The van der Waals surface area contributed by atoms with Crippen LogP contribution in [0.25, 0.3) is 11.0 Å². The van der Waals surface area contributed by atoms with E-state index in [0.29, 0.717) is 11.0 Å². The van der Waals surface area contributed by atoms with Crippen molar-refractivity contribution in [3.63, 3.8) is 0 Å². The SMILES string of the molecule is N[C@H](c1nc2ccc(F)cc2[nH]1)C(O)C(O)C(O)CO. The van der Waals surface area contributed by atoms with Crippen molar-refractivity contribution in [3.8, 4) is 0 Å². The summed E-state index contributed by atoms with van der Waals surface area (Å²) in [5, 5.41) is 37.4. The molecule has 0 bridgehead atoms. The quantitative estimate of drug-likeness (QED) is 0.407. The van der Waals surface area contributed by atoms with Crippen LogP contribution in [0, 0.1) is 5.82 Å². The summed E-state index contributed by atoms with van der Waals surface area (Å²) in [6.07, 6.45) is -4.68. The Morgan fingerprint density at radius 2 is 1.95 bits per heavy atom. The summed E-state index contributed by atoms with van der Waals surface area (Å²) >= 11 is 0. The van der Waals surface area contributed by atoms with Crippen molar-refractivity contribution in [1.29, 1.82) is 0 Å². The second kappa shape index (κ2) is 5.81. The van der Waals surface area contributed by atoms with E-state index in [-0.39, 0.29) is 5.82 Å². The number of fused-ring (bicyclic) bond motifs is 1. The number of nitrogens with one attached hydrogen (secondary N) is 1. The van der Waals surface area contributed by atoms with E-state index in [1.54, 1.807) is 0 Å². The van der Waals surface area contributed by atoms with E-state index in [1.807, 2.05) is 0 Å². The van der Waals surface area contributed by atoms with Crippen LogP contribution in [0.1, 0.15) is 11.9 Å². The zero-order valence-electron chi connectivity index (χ0n) is 10.4. The van der Waals surface area contributed by atoms with E-state index >= 15 is 0 Å². The van der Waals surface area contributed by atoms with E-state index in [4.69, 9.17) is 10.8 Å². The highest BCUT2D eigenvalue weighted by molar-refractivity contribution is 5.75. The second-order valence-corrected chi connectivity index (χ2v) is 4.54. The van der Waals surface area contributed by atoms with Gasteiger partial charge in [-0.25, -0.2) is 9.37 Å². The van der Waals surface area contributed by atoms with Crippen LogP contribution in [0.4, 0.5) is 4.39 Å². The minimum Gasteiger partial charge on any atom is -0.394 e. The summed E-state index contributed by atoms with van der Waals surface area (Å²) in [6.45, 7) is -0.712. The van der Waals surface area contributed by atoms with Crippen LogP contribution in [-0.2, 0) is 0 Å². The predicted octanol–water partition coefficient (Wildman–Crippen LogP) is -1.22. The smallest absolute Gasteiger partial charge is 0.127 e. The molecule has 110 valence electrons. The third kappa shape index (κ3) is 2.79. The summed E-state index contributed by atoms with van der Waals surface area (Å²) in [5.41, 5.74) is 6.61. The van der Waals surface area contributed by atoms with Crippen molar-refractivity contribution < 1.29 is 24.8 Å². The fourth-order valence-corrected chi connectivity index (χ4v) is 1.87. The number of nitrogens with zero attached hydrogens (tertiary/aromatic N) is 1. The molecule has 0 saturated carbocycles. The zero-order chi connectivity index (χ0) is 14.9. The van der Waals surface area contributed by atoms with Crippen molar-refractivity contribution in [3.05, 3.63) is 29.8 Å². The molecule has 2 aromatic rings. The van der Waals surface area contributed by atoms with Crippen LogP contribution in [0.2, 0.25) is 0 Å². The Hall–Kier alpha value is -1.58. The highest BCUT2D eigenvalue weighted by Crippen LogP contribution is 2.20. The molecule has 0 aliphatic heterocycles. The molecule has 2 rings (SSSR count). The normalized spacial score (nSPS) is 17.9. The number of rotatable bonds is 5. The Bertz CT molecular complexity index is 591. The molecule has 1 aromatic heterocycles. The zero-order valence-corrected chi connectivity index (χ0v) is 10.4. The van der Waals surface area contributed by atoms with E-state index in [2.05, 4.69) is 9.97 Å². The third-order valence-electron chi connectivity index (χ3n) is 3.08. The highest BCUT2D eigenvalue weighted by Gasteiger charge is 2.31. The average molecular weight is 285 g/mol. The summed E-state index contributed by atoms with van der Waals surface area (Å²) < 4.78 is 13.1. The molecule has 4 atom stereocenters. The van der Waals surface area contributed by atoms with Crippen molar-refractivity contribution >= 4 is 11.0 Å². The molecule has 20 heavy (non-hydrogen) atoms.